The van der Waals surface area contributed by atoms with Gasteiger partial charge in [-0.25, -0.2) is 0 Å². The van der Waals surface area contributed by atoms with Gasteiger partial charge in [0.1, 0.15) is 0 Å². The van der Waals surface area contributed by atoms with Gasteiger partial charge in [-0.3, -0.25) is 0 Å². The molecule has 0 fully saturated rings. The van der Waals surface area contributed by atoms with Gasteiger partial charge in [0.25, 0.3) is 0 Å². The van der Waals surface area contributed by atoms with Crippen molar-refractivity contribution in [1.82, 2.24) is 0 Å². The minimum absolute atomic E-state index is 0.106. The fourth-order valence-corrected chi connectivity index (χ4v) is 7.01. The molecular weight excluding hydrogens is 260 g/mol. The van der Waals surface area contributed by atoms with Crippen molar-refractivity contribution >= 4 is 10.0 Å². The molecule has 0 radical (unpaired) electrons. The summed E-state index contributed by atoms with van der Waals surface area (Å²) in [5.74, 6) is 0. The summed E-state index contributed by atoms with van der Waals surface area (Å²) in [7, 11) is -0.946. The zero-order valence-corrected chi connectivity index (χ0v) is 13.9. The molecule has 0 amide bonds. The molecule has 0 atom stereocenters. The minimum atomic E-state index is -0.946. The smallest absolute Gasteiger partial charge is 0.0167 e. The molecular formula is C19H24S. The Morgan fingerprint density at radius 2 is 1.20 bits per heavy atom. The van der Waals surface area contributed by atoms with Crippen LogP contribution >= 0.6 is 10.0 Å². The van der Waals surface area contributed by atoms with E-state index in [0.717, 1.165) is 0 Å². The molecule has 0 N–H and O–H groups in total. The molecule has 106 valence electrons. The average Bonchev–Trinajstić information content (AvgIpc) is 2.45. The molecule has 2 aromatic carbocycles. The molecule has 0 saturated carbocycles. The van der Waals surface area contributed by atoms with Crippen LogP contribution in [0.4, 0.5) is 0 Å². The van der Waals surface area contributed by atoms with E-state index in [-0.39, 0.29) is 5.41 Å². The molecule has 0 saturated heterocycles. The highest BCUT2D eigenvalue weighted by molar-refractivity contribution is 8.33. The summed E-state index contributed by atoms with van der Waals surface area (Å²) in [6, 6.07) is 18.2. The third-order valence-electron chi connectivity index (χ3n) is 4.98. The third-order valence-corrected chi connectivity index (χ3v) is 9.40. The molecule has 20 heavy (non-hydrogen) atoms. The number of benzene rings is 2. The Bertz CT molecular complexity index is 603. The van der Waals surface area contributed by atoms with Crippen LogP contribution in [-0.4, -0.2) is 11.5 Å². The largest absolute Gasteiger partial charge is 0.188 e. The predicted octanol–water partition coefficient (Wildman–Crippen LogP) is 5.59. The highest BCUT2D eigenvalue weighted by Gasteiger charge is 2.42. The zero-order chi connectivity index (χ0) is 14.5. The summed E-state index contributed by atoms with van der Waals surface area (Å²) in [6.45, 7) is 9.48. The Balaban J connectivity index is 2.42. The molecule has 0 aromatic heterocycles. The lowest BCUT2D eigenvalue weighted by Gasteiger charge is -2.51. The predicted molar refractivity (Wildman–Crippen MR) is 90.2 cm³/mol. The van der Waals surface area contributed by atoms with E-state index >= 15 is 0 Å². The molecule has 3 rings (SSSR count). The lowest BCUT2D eigenvalue weighted by Crippen LogP contribution is -2.30. The summed E-state index contributed by atoms with van der Waals surface area (Å²) >= 11 is 0. The van der Waals surface area contributed by atoms with Crippen LogP contribution in [0.25, 0.3) is 0 Å². The first-order valence-electron chi connectivity index (χ1n) is 7.36. The second-order valence-electron chi connectivity index (χ2n) is 6.65. The Hall–Kier alpha value is -1.21. The second-order valence-corrected chi connectivity index (χ2v) is 10.4. The van der Waals surface area contributed by atoms with Gasteiger partial charge >= 0.3 is 0 Å². The van der Waals surface area contributed by atoms with Gasteiger partial charge < -0.3 is 0 Å². The van der Waals surface area contributed by atoms with Gasteiger partial charge in [0, 0.05) is 5.41 Å². The number of hydrogen-bond donors (Lipinski definition) is 0. The van der Waals surface area contributed by atoms with E-state index in [0.29, 0.717) is 5.25 Å². The van der Waals surface area contributed by atoms with Crippen LogP contribution < -0.4 is 0 Å². The molecule has 0 spiro atoms. The van der Waals surface area contributed by atoms with Crippen LogP contribution in [0.15, 0.2) is 58.3 Å². The second kappa shape index (κ2) is 4.39. The van der Waals surface area contributed by atoms with E-state index in [1.807, 2.05) is 0 Å². The standard InChI is InChI=1S/C19H24S/c1-14(2)20(5)17-12-8-6-10-15(17)19(3,4)16-11-7-9-13-18(16)20/h6-14H,1-5H3. The molecule has 0 bridgehead atoms. The lowest BCUT2D eigenvalue weighted by atomic mass is 9.78. The number of hydrogen-bond acceptors (Lipinski definition) is 0. The Labute approximate surface area is 124 Å². The van der Waals surface area contributed by atoms with E-state index < -0.39 is 10.0 Å². The molecule has 0 nitrogen and oxygen atoms in total. The topological polar surface area (TPSA) is 0 Å². The van der Waals surface area contributed by atoms with Crippen molar-refractivity contribution in [3.8, 4) is 0 Å². The van der Waals surface area contributed by atoms with E-state index in [1.54, 1.807) is 9.79 Å². The Morgan fingerprint density at radius 3 is 1.60 bits per heavy atom. The van der Waals surface area contributed by atoms with Crippen LogP contribution in [0.1, 0.15) is 38.8 Å². The average molecular weight is 284 g/mol. The van der Waals surface area contributed by atoms with Gasteiger partial charge in [-0.2, -0.15) is 10.0 Å². The van der Waals surface area contributed by atoms with Crippen molar-refractivity contribution in [2.45, 2.75) is 48.2 Å². The zero-order valence-electron chi connectivity index (χ0n) is 13.1. The van der Waals surface area contributed by atoms with E-state index in [9.17, 15) is 0 Å². The van der Waals surface area contributed by atoms with Crippen molar-refractivity contribution < 1.29 is 0 Å². The molecule has 1 heterocycles. The van der Waals surface area contributed by atoms with Gasteiger partial charge in [-0.05, 0) is 44.6 Å². The van der Waals surface area contributed by atoms with E-state index in [2.05, 4.69) is 82.5 Å². The van der Waals surface area contributed by atoms with Crippen molar-refractivity contribution in [2.75, 3.05) is 6.26 Å². The van der Waals surface area contributed by atoms with Crippen molar-refractivity contribution in [2.24, 2.45) is 0 Å². The molecule has 1 aliphatic heterocycles. The SMILES string of the molecule is CC(C)S1(C)c2ccccc2C(C)(C)c2ccccc21. The quantitative estimate of drug-likeness (QED) is 0.640. The maximum Gasteiger partial charge on any atom is 0.0167 e. The molecule has 1 heteroatoms. The number of fused-ring (bicyclic) bond motifs is 2. The summed E-state index contributed by atoms with van der Waals surface area (Å²) < 4.78 is 0. The van der Waals surface area contributed by atoms with Crippen LogP contribution in [0.3, 0.4) is 0 Å². The Kier molecular flexibility index (Phi) is 3.02. The monoisotopic (exact) mass is 284 g/mol. The van der Waals surface area contributed by atoms with Crippen molar-refractivity contribution in [3.05, 3.63) is 59.7 Å². The summed E-state index contributed by atoms with van der Waals surface area (Å²) in [6.07, 6.45) is 2.49. The minimum Gasteiger partial charge on any atom is -0.188 e. The van der Waals surface area contributed by atoms with E-state index in [1.165, 1.54) is 11.1 Å². The first kappa shape index (κ1) is 13.8. The van der Waals surface area contributed by atoms with Gasteiger partial charge in [-0.15, -0.1) is 0 Å². The maximum absolute atomic E-state index is 2.49. The summed E-state index contributed by atoms with van der Waals surface area (Å²) in [5.41, 5.74) is 3.14. The van der Waals surface area contributed by atoms with Gasteiger partial charge in [0.15, 0.2) is 0 Å². The summed E-state index contributed by atoms with van der Waals surface area (Å²) in [4.78, 5) is 3.16. The fraction of sp³-hybridized carbons (Fsp3) is 0.368. The van der Waals surface area contributed by atoms with E-state index in [4.69, 9.17) is 0 Å². The van der Waals surface area contributed by atoms with Crippen LogP contribution in [0.2, 0.25) is 0 Å². The summed E-state index contributed by atoms with van der Waals surface area (Å²) in [5, 5.41) is 0.654. The first-order chi connectivity index (χ1) is 9.40. The van der Waals surface area contributed by atoms with Gasteiger partial charge in [-0.1, -0.05) is 64.1 Å². The normalized spacial score (nSPS) is 20.1. The van der Waals surface area contributed by atoms with Gasteiger partial charge in [0.05, 0.1) is 0 Å². The first-order valence-corrected chi connectivity index (χ1v) is 9.47. The molecule has 1 aliphatic rings. The lowest BCUT2D eigenvalue weighted by molar-refractivity contribution is 0.603. The third kappa shape index (κ3) is 1.62. The molecule has 2 aromatic rings. The van der Waals surface area contributed by atoms with Crippen LogP contribution in [-0.2, 0) is 5.41 Å². The van der Waals surface area contributed by atoms with Crippen molar-refractivity contribution in [3.63, 3.8) is 0 Å². The number of rotatable bonds is 1. The van der Waals surface area contributed by atoms with Gasteiger partial charge in [0.2, 0.25) is 0 Å². The van der Waals surface area contributed by atoms with Crippen LogP contribution in [0.5, 0.6) is 0 Å². The molecule has 0 unspecified atom stereocenters. The highest BCUT2D eigenvalue weighted by Crippen LogP contribution is 2.69. The van der Waals surface area contributed by atoms with Crippen LogP contribution in [0, 0.1) is 0 Å². The molecule has 0 aliphatic carbocycles. The van der Waals surface area contributed by atoms with Crippen molar-refractivity contribution in [1.29, 1.82) is 0 Å². The Morgan fingerprint density at radius 1 is 0.800 bits per heavy atom. The fourth-order valence-electron chi connectivity index (χ4n) is 3.48. The maximum atomic E-state index is 2.49. The highest BCUT2D eigenvalue weighted by atomic mass is 32.3.